The van der Waals surface area contributed by atoms with Gasteiger partial charge in [-0.1, -0.05) is 20.3 Å². The molecule has 2 atom stereocenters. The lowest BCUT2D eigenvalue weighted by Crippen LogP contribution is -2.49. The molecule has 128 valence electrons. The fraction of sp³-hybridized carbons (Fsp3) is 0.944. The van der Waals surface area contributed by atoms with Gasteiger partial charge in [-0.25, -0.2) is 0 Å². The van der Waals surface area contributed by atoms with Crippen molar-refractivity contribution in [3.05, 3.63) is 0 Å². The van der Waals surface area contributed by atoms with Gasteiger partial charge in [0, 0.05) is 25.0 Å². The molecule has 2 saturated carbocycles. The van der Waals surface area contributed by atoms with E-state index in [1.54, 1.807) is 0 Å². The number of hydrogen-bond donors (Lipinski definition) is 1. The van der Waals surface area contributed by atoms with Crippen LogP contribution in [0.15, 0.2) is 0 Å². The molecule has 2 N–H and O–H groups in total. The number of fused-ring (bicyclic) bond motifs is 2. The number of amides is 1. The van der Waals surface area contributed by atoms with Crippen molar-refractivity contribution in [2.75, 3.05) is 13.1 Å². The van der Waals surface area contributed by atoms with Crippen LogP contribution in [0, 0.1) is 23.2 Å². The van der Waals surface area contributed by atoms with Gasteiger partial charge in [-0.05, 0) is 62.2 Å². The van der Waals surface area contributed by atoms with Gasteiger partial charge in [0.2, 0.25) is 5.91 Å². The lowest BCUT2D eigenvalue weighted by Gasteiger charge is -2.44. The molecule has 22 heavy (non-hydrogen) atoms. The number of hydrogen-bond acceptors (Lipinski definition) is 2. The van der Waals surface area contributed by atoms with E-state index in [0.29, 0.717) is 29.2 Å². The van der Waals surface area contributed by atoms with Crippen LogP contribution in [0.1, 0.15) is 65.2 Å². The molecule has 3 nitrogen and oxygen atoms in total. The predicted molar refractivity (Wildman–Crippen MR) is 93.0 cm³/mol. The van der Waals surface area contributed by atoms with Gasteiger partial charge in [-0.15, -0.1) is 12.4 Å². The topological polar surface area (TPSA) is 46.3 Å². The molecule has 0 radical (unpaired) electrons. The molecule has 1 saturated heterocycles. The van der Waals surface area contributed by atoms with Crippen molar-refractivity contribution in [2.24, 2.45) is 28.9 Å². The average molecular weight is 329 g/mol. The van der Waals surface area contributed by atoms with Crippen LogP contribution >= 0.6 is 12.4 Å². The molecule has 4 heteroatoms. The molecule has 3 fully saturated rings. The van der Waals surface area contributed by atoms with Crippen LogP contribution in [-0.2, 0) is 4.79 Å². The van der Waals surface area contributed by atoms with Crippen LogP contribution in [0.25, 0.3) is 0 Å². The molecule has 0 aromatic carbocycles. The largest absolute Gasteiger partial charge is 0.342 e. The highest BCUT2D eigenvalue weighted by Gasteiger charge is 2.44. The number of rotatable bonds is 3. The Balaban J connectivity index is 0.00000176. The molecule has 0 spiro atoms. The van der Waals surface area contributed by atoms with Gasteiger partial charge in [0.1, 0.15) is 0 Å². The molecule has 2 unspecified atom stereocenters. The summed E-state index contributed by atoms with van der Waals surface area (Å²) in [4.78, 5) is 15.1. The third-order valence-electron chi connectivity index (χ3n) is 7.01. The third kappa shape index (κ3) is 3.17. The van der Waals surface area contributed by atoms with E-state index in [4.69, 9.17) is 5.73 Å². The first-order valence-electron chi connectivity index (χ1n) is 9.13. The minimum absolute atomic E-state index is 0. The van der Waals surface area contributed by atoms with Gasteiger partial charge in [-0.3, -0.25) is 4.79 Å². The molecule has 1 heterocycles. The Bertz CT molecular complexity index is 383. The lowest BCUT2D eigenvalue weighted by atomic mass is 9.65. The molecule has 2 bridgehead atoms. The molecular weight excluding hydrogens is 296 g/mol. The average Bonchev–Trinajstić information content (AvgIpc) is 2.91. The SMILES string of the molecule is CCC1(CC)CCN(C(=O)C2CC3CCCC(C2)C3N)C1.Cl. The summed E-state index contributed by atoms with van der Waals surface area (Å²) < 4.78 is 0. The molecule has 3 aliphatic rings. The van der Waals surface area contributed by atoms with E-state index >= 15 is 0 Å². The zero-order chi connectivity index (χ0) is 15.0. The molecule has 0 aromatic heterocycles. The molecule has 1 aliphatic heterocycles. The summed E-state index contributed by atoms with van der Waals surface area (Å²) in [6.45, 7) is 6.54. The summed E-state index contributed by atoms with van der Waals surface area (Å²) in [6, 6.07) is 0.367. The van der Waals surface area contributed by atoms with Crippen LogP contribution < -0.4 is 5.73 Å². The van der Waals surface area contributed by atoms with Crippen molar-refractivity contribution in [1.29, 1.82) is 0 Å². The third-order valence-corrected chi connectivity index (χ3v) is 7.01. The standard InChI is InChI=1S/C18H32N2O.ClH/c1-3-18(4-2)8-9-20(12-18)17(21)15-10-13-6-5-7-14(11-15)16(13)19;/h13-16H,3-12,19H2,1-2H3;1H. The summed E-state index contributed by atoms with van der Waals surface area (Å²) in [7, 11) is 0. The molecular formula is C18H33ClN2O. The minimum Gasteiger partial charge on any atom is -0.342 e. The quantitative estimate of drug-likeness (QED) is 0.860. The normalized spacial score (nSPS) is 36.8. The van der Waals surface area contributed by atoms with E-state index in [1.807, 2.05) is 0 Å². The Morgan fingerprint density at radius 1 is 1.18 bits per heavy atom. The molecule has 3 rings (SSSR count). The number of nitrogens with two attached hydrogens (primary N) is 1. The predicted octanol–water partition coefficient (Wildman–Crippen LogP) is 3.60. The van der Waals surface area contributed by atoms with E-state index in [2.05, 4.69) is 18.7 Å². The number of likely N-dealkylation sites (tertiary alicyclic amines) is 1. The first-order valence-corrected chi connectivity index (χ1v) is 9.13. The molecule has 0 aromatic rings. The molecule has 2 aliphatic carbocycles. The van der Waals surface area contributed by atoms with Crippen molar-refractivity contribution in [3.63, 3.8) is 0 Å². The minimum atomic E-state index is 0. The number of carbonyl (C=O) groups is 1. The maximum atomic E-state index is 12.9. The second kappa shape index (κ2) is 7.09. The Labute approximate surface area is 141 Å². The summed E-state index contributed by atoms with van der Waals surface area (Å²) in [5.41, 5.74) is 6.76. The van der Waals surface area contributed by atoms with Crippen LogP contribution in [0.4, 0.5) is 0 Å². The first-order chi connectivity index (χ1) is 10.1. The lowest BCUT2D eigenvalue weighted by molar-refractivity contribution is -0.138. The van der Waals surface area contributed by atoms with Crippen LogP contribution in [0.5, 0.6) is 0 Å². The fourth-order valence-corrected chi connectivity index (χ4v) is 5.20. The zero-order valence-corrected chi connectivity index (χ0v) is 15.0. The Kier molecular flexibility index (Phi) is 5.82. The van der Waals surface area contributed by atoms with E-state index in [0.717, 1.165) is 25.9 Å². The number of halogens is 1. The smallest absolute Gasteiger partial charge is 0.225 e. The van der Waals surface area contributed by atoms with Gasteiger partial charge in [0.15, 0.2) is 0 Å². The Morgan fingerprint density at radius 3 is 2.27 bits per heavy atom. The van der Waals surface area contributed by atoms with Gasteiger partial charge in [-0.2, -0.15) is 0 Å². The van der Waals surface area contributed by atoms with Gasteiger partial charge in [0.25, 0.3) is 0 Å². The number of carbonyl (C=O) groups excluding carboxylic acids is 1. The van der Waals surface area contributed by atoms with E-state index in [1.165, 1.54) is 38.5 Å². The maximum Gasteiger partial charge on any atom is 0.225 e. The highest BCUT2D eigenvalue weighted by atomic mass is 35.5. The number of nitrogens with zero attached hydrogens (tertiary/aromatic N) is 1. The summed E-state index contributed by atoms with van der Waals surface area (Å²) in [6.07, 6.45) is 9.52. The van der Waals surface area contributed by atoms with Crippen molar-refractivity contribution in [2.45, 2.75) is 71.3 Å². The summed E-state index contributed by atoms with van der Waals surface area (Å²) in [5.74, 6) is 1.93. The summed E-state index contributed by atoms with van der Waals surface area (Å²) >= 11 is 0. The Morgan fingerprint density at radius 2 is 1.77 bits per heavy atom. The van der Waals surface area contributed by atoms with Gasteiger partial charge >= 0.3 is 0 Å². The monoisotopic (exact) mass is 328 g/mol. The van der Waals surface area contributed by atoms with Gasteiger partial charge in [0.05, 0.1) is 0 Å². The van der Waals surface area contributed by atoms with E-state index < -0.39 is 0 Å². The Hall–Kier alpha value is -0.280. The second-order valence-electron chi connectivity index (χ2n) is 7.91. The van der Waals surface area contributed by atoms with Crippen LogP contribution in [-0.4, -0.2) is 29.9 Å². The van der Waals surface area contributed by atoms with Crippen molar-refractivity contribution < 1.29 is 4.79 Å². The van der Waals surface area contributed by atoms with E-state index in [-0.39, 0.29) is 18.3 Å². The van der Waals surface area contributed by atoms with Crippen LogP contribution in [0.3, 0.4) is 0 Å². The van der Waals surface area contributed by atoms with Crippen molar-refractivity contribution in [3.8, 4) is 0 Å². The van der Waals surface area contributed by atoms with Crippen LogP contribution in [0.2, 0.25) is 0 Å². The van der Waals surface area contributed by atoms with Gasteiger partial charge < -0.3 is 10.6 Å². The van der Waals surface area contributed by atoms with E-state index in [9.17, 15) is 4.79 Å². The van der Waals surface area contributed by atoms with Crippen molar-refractivity contribution >= 4 is 18.3 Å². The second-order valence-corrected chi connectivity index (χ2v) is 7.91. The molecule has 1 amide bonds. The maximum absolute atomic E-state index is 12.9. The fourth-order valence-electron chi connectivity index (χ4n) is 5.20. The first kappa shape index (κ1) is 18.1. The summed E-state index contributed by atoms with van der Waals surface area (Å²) in [5, 5.41) is 0. The highest BCUT2D eigenvalue weighted by molar-refractivity contribution is 5.85. The highest BCUT2D eigenvalue weighted by Crippen LogP contribution is 2.44. The zero-order valence-electron chi connectivity index (χ0n) is 14.2. The van der Waals surface area contributed by atoms with Crippen molar-refractivity contribution in [1.82, 2.24) is 4.90 Å².